The number of nitrogens with one attached hydrogen (secondary N) is 1. The average molecular weight is 371 g/mol. The first-order chi connectivity index (χ1) is 12.9. The second kappa shape index (κ2) is 7.14. The lowest BCUT2D eigenvalue weighted by atomic mass is 10.1. The highest BCUT2D eigenvalue weighted by Gasteiger charge is 2.32. The molecule has 8 nitrogen and oxygen atoms in total. The zero-order valence-corrected chi connectivity index (χ0v) is 15.7. The minimum Gasteiger partial charge on any atom is -0.497 e. The predicted molar refractivity (Wildman–Crippen MR) is 102 cm³/mol. The number of carbonyl (C=O) groups is 1. The van der Waals surface area contributed by atoms with E-state index in [0.29, 0.717) is 30.0 Å². The Morgan fingerprint density at radius 2 is 1.70 bits per heavy atom. The number of aromatic nitrogens is 2. The zero-order valence-electron chi connectivity index (χ0n) is 15.7. The van der Waals surface area contributed by atoms with Crippen LogP contribution in [-0.4, -0.2) is 29.1 Å². The topological polar surface area (TPSA) is 91.6 Å². The number of nitrogens with zero attached hydrogens (tertiary/aromatic N) is 2. The van der Waals surface area contributed by atoms with Gasteiger partial charge in [-0.2, -0.15) is 0 Å². The number of methoxy groups -OCH3 is 2. The van der Waals surface area contributed by atoms with Crippen molar-refractivity contribution in [1.29, 1.82) is 0 Å². The van der Waals surface area contributed by atoms with Crippen molar-refractivity contribution in [2.24, 2.45) is 7.05 Å². The minimum absolute atomic E-state index is 0.0216. The van der Waals surface area contributed by atoms with Gasteiger partial charge in [-0.3, -0.25) is 18.7 Å². The molecular formula is C19H21N3O5. The highest BCUT2D eigenvalue weighted by atomic mass is 16.5. The number of allylic oxidation sites excluding steroid dienone is 1. The molecule has 1 aliphatic heterocycles. The summed E-state index contributed by atoms with van der Waals surface area (Å²) in [6.07, 6.45) is 2.29. The van der Waals surface area contributed by atoms with Gasteiger partial charge in [0.2, 0.25) is 5.78 Å². The Hall–Kier alpha value is -3.29. The van der Waals surface area contributed by atoms with Gasteiger partial charge in [-0.1, -0.05) is 6.92 Å². The monoisotopic (exact) mass is 371 g/mol. The normalized spacial score (nSPS) is 14.2. The third-order valence-corrected chi connectivity index (χ3v) is 4.40. The van der Waals surface area contributed by atoms with Crippen molar-refractivity contribution in [3.8, 4) is 11.5 Å². The first-order valence-electron chi connectivity index (χ1n) is 8.51. The molecule has 0 atom stereocenters. The van der Waals surface area contributed by atoms with E-state index in [2.05, 4.69) is 5.32 Å². The molecule has 1 aliphatic rings. The molecule has 0 saturated carbocycles. The van der Waals surface area contributed by atoms with E-state index in [1.807, 2.05) is 6.92 Å². The molecule has 0 amide bonds. The van der Waals surface area contributed by atoms with Gasteiger partial charge in [0.1, 0.15) is 22.9 Å². The van der Waals surface area contributed by atoms with Crippen LogP contribution in [0.1, 0.15) is 29.3 Å². The summed E-state index contributed by atoms with van der Waals surface area (Å²) in [4.78, 5) is 37.7. The molecule has 142 valence electrons. The third kappa shape index (κ3) is 3.14. The molecule has 3 rings (SSSR count). The fourth-order valence-corrected chi connectivity index (χ4v) is 3.03. The van der Waals surface area contributed by atoms with E-state index in [4.69, 9.17) is 9.47 Å². The van der Waals surface area contributed by atoms with Gasteiger partial charge >= 0.3 is 5.69 Å². The minimum atomic E-state index is -0.605. The number of ether oxygens (including phenoxy) is 2. The molecule has 27 heavy (non-hydrogen) atoms. The predicted octanol–water partition coefficient (Wildman–Crippen LogP) is 1.62. The number of rotatable bonds is 5. The Bertz CT molecular complexity index is 1040. The lowest BCUT2D eigenvalue weighted by Crippen LogP contribution is -2.40. The van der Waals surface area contributed by atoms with Crippen molar-refractivity contribution < 1.29 is 14.3 Å². The third-order valence-electron chi connectivity index (χ3n) is 4.40. The first kappa shape index (κ1) is 18.5. The Labute approximate surface area is 155 Å². The second-order valence-corrected chi connectivity index (χ2v) is 6.18. The molecule has 0 saturated heterocycles. The van der Waals surface area contributed by atoms with Crippen LogP contribution in [-0.2, 0) is 13.6 Å². The van der Waals surface area contributed by atoms with Crippen molar-refractivity contribution in [3.63, 3.8) is 0 Å². The molecule has 8 heteroatoms. The van der Waals surface area contributed by atoms with E-state index in [9.17, 15) is 14.4 Å². The van der Waals surface area contributed by atoms with E-state index in [-0.39, 0.29) is 17.1 Å². The maximum absolute atomic E-state index is 12.8. The van der Waals surface area contributed by atoms with Crippen molar-refractivity contribution >= 4 is 17.7 Å². The summed E-state index contributed by atoms with van der Waals surface area (Å²) in [5.41, 5.74) is -0.202. The Balaban J connectivity index is 2.14. The highest BCUT2D eigenvalue weighted by Crippen LogP contribution is 2.28. The quantitative estimate of drug-likeness (QED) is 0.803. The largest absolute Gasteiger partial charge is 0.497 e. The van der Waals surface area contributed by atoms with E-state index in [1.165, 1.54) is 25.8 Å². The summed E-state index contributed by atoms with van der Waals surface area (Å²) in [5.74, 6) is 0.944. The van der Waals surface area contributed by atoms with E-state index >= 15 is 0 Å². The van der Waals surface area contributed by atoms with E-state index < -0.39 is 17.0 Å². The summed E-state index contributed by atoms with van der Waals surface area (Å²) in [6, 6.07) is 5.20. The standard InChI is InChI=1S/C19H21N3O5/c1-5-6-22-17-15(18(24)21(2)19(22)25)16(23)14(20-17)9-11-7-12(26-3)10-13(8-11)27-4/h7-10,20H,5-6H2,1-4H3/b14-9-. The van der Waals surface area contributed by atoms with Crippen molar-refractivity contribution in [3.05, 3.63) is 55.9 Å². The van der Waals surface area contributed by atoms with Gasteiger partial charge in [0, 0.05) is 19.7 Å². The number of anilines is 1. The summed E-state index contributed by atoms with van der Waals surface area (Å²) >= 11 is 0. The van der Waals surface area contributed by atoms with Crippen molar-refractivity contribution in [1.82, 2.24) is 9.13 Å². The molecule has 0 radical (unpaired) electrons. The smallest absolute Gasteiger partial charge is 0.332 e. The van der Waals surface area contributed by atoms with Crippen LogP contribution in [0.3, 0.4) is 0 Å². The van der Waals surface area contributed by atoms with Crippen LogP contribution in [0.15, 0.2) is 33.5 Å². The molecule has 2 heterocycles. The first-order valence-corrected chi connectivity index (χ1v) is 8.51. The molecule has 0 fully saturated rings. The van der Waals surface area contributed by atoms with Gasteiger partial charge in [0.25, 0.3) is 5.56 Å². The van der Waals surface area contributed by atoms with Gasteiger partial charge in [0.05, 0.1) is 19.9 Å². The van der Waals surface area contributed by atoms with Gasteiger partial charge in [-0.25, -0.2) is 4.79 Å². The number of fused-ring (bicyclic) bond motifs is 1. The van der Waals surface area contributed by atoms with Crippen LogP contribution >= 0.6 is 0 Å². The van der Waals surface area contributed by atoms with Crippen LogP contribution in [0, 0.1) is 0 Å². The van der Waals surface area contributed by atoms with Crippen LogP contribution in [0.5, 0.6) is 11.5 Å². The Morgan fingerprint density at radius 3 is 2.26 bits per heavy atom. The van der Waals surface area contributed by atoms with Gasteiger partial charge in [0.15, 0.2) is 0 Å². The number of ketones is 1. The van der Waals surface area contributed by atoms with Gasteiger partial charge in [-0.15, -0.1) is 0 Å². The van der Waals surface area contributed by atoms with E-state index in [1.54, 1.807) is 24.3 Å². The lowest BCUT2D eigenvalue weighted by Gasteiger charge is -2.11. The molecular weight excluding hydrogens is 350 g/mol. The van der Waals surface area contributed by atoms with Crippen LogP contribution in [0.4, 0.5) is 5.82 Å². The van der Waals surface area contributed by atoms with E-state index in [0.717, 1.165) is 4.57 Å². The number of hydrogen-bond donors (Lipinski definition) is 1. The average Bonchev–Trinajstić information content (AvgIpc) is 2.99. The van der Waals surface area contributed by atoms with Crippen LogP contribution in [0.25, 0.3) is 6.08 Å². The Morgan fingerprint density at radius 1 is 1.07 bits per heavy atom. The second-order valence-electron chi connectivity index (χ2n) is 6.18. The number of carbonyl (C=O) groups excluding carboxylic acids is 1. The molecule has 1 aromatic carbocycles. The fraction of sp³-hybridized carbons (Fsp3) is 0.316. The molecule has 0 unspecified atom stereocenters. The number of Topliss-reactive ketones (excluding diaryl/α,β-unsaturated/α-hetero) is 1. The van der Waals surface area contributed by atoms with Crippen LogP contribution in [0.2, 0.25) is 0 Å². The number of benzene rings is 1. The maximum Gasteiger partial charge on any atom is 0.332 e. The summed E-state index contributed by atoms with van der Waals surface area (Å²) in [6.45, 7) is 2.32. The molecule has 2 aromatic rings. The van der Waals surface area contributed by atoms with Crippen LogP contribution < -0.4 is 26.0 Å². The SMILES string of the molecule is CCCn1c2c(c(=O)n(C)c1=O)C(=O)/C(=C/c1cc(OC)cc(OC)c1)N2. The van der Waals surface area contributed by atoms with Crippen molar-refractivity contribution in [2.75, 3.05) is 19.5 Å². The summed E-state index contributed by atoms with van der Waals surface area (Å²) in [5, 5.41) is 2.95. The number of hydrogen-bond acceptors (Lipinski definition) is 6. The molecule has 1 N–H and O–H groups in total. The highest BCUT2D eigenvalue weighted by molar-refractivity contribution is 6.19. The molecule has 0 bridgehead atoms. The van der Waals surface area contributed by atoms with Crippen molar-refractivity contribution in [2.45, 2.75) is 19.9 Å². The maximum atomic E-state index is 12.8. The van der Waals surface area contributed by atoms with Gasteiger partial charge in [-0.05, 0) is 30.2 Å². The summed E-state index contributed by atoms with van der Waals surface area (Å²) in [7, 11) is 4.44. The Kier molecular flexibility index (Phi) is 4.89. The fourth-order valence-electron chi connectivity index (χ4n) is 3.03. The van der Waals surface area contributed by atoms with Gasteiger partial charge < -0.3 is 14.8 Å². The summed E-state index contributed by atoms with van der Waals surface area (Å²) < 4.78 is 12.9. The molecule has 1 aromatic heterocycles. The molecule has 0 aliphatic carbocycles. The lowest BCUT2D eigenvalue weighted by molar-refractivity contribution is 0.104. The zero-order chi connectivity index (χ0) is 19.7. The molecule has 0 spiro atoms.